The maximum Gasteiger partial charge on any atom is 0.183 e. The molecule has 0 saturated carbocycles. The van der Waals surface area contributed by atoms with E-state index < -0.39 is 0 Å². The Bertz CT molecular complexity index is 251. The normalized spacial score (nSPS) is 10.5. The number of thiazole rings is 1. The van der Waals surface area contributed by atoms with Crippen LogP contribution in [0.4, 0.5) is 5.13 Å². The van der Waals surface area contributed by atoms with E-state index in [9.17, 15) is 0 Å². The van der Waals surface area contributed by atoms with Crippen LogP contribution in [-0.4, -0.2) is 24.6 Å². The minimum atomic E-state index is 0.999. The first kappa shape index (κ1) is 11.5. The molecule has 14 heavy (non-hydrogen) atoms. The smallest absolute Gasteiger partial charge is 0.183 e. The summed E-state index contributed by atoms with van der Waals surface area (Å²) in [4.78, 5) is 5.72. The molecular formula is C10H19N3S. The fourth-order valence-corrected chi connectivity index (χ4v) is 1.97. The monoisotopic (exact) mass is 213 g/mol. The van der Waals surface area contributed by atoms with Crippen LogP contribution in [0.5, 0.6) is 0 Å². The Morgan fingerprint density at radius 1 is 1.29 bits per heavy atom. The van der Waals surface area contributed by atoms with Crippen LogP contribution in [0.15, 0.2) is 0 Å². The molecule has 1 aromatic heterocycles. The average Bonchev–Trinajstić information content (AvgIpc) is 2.46. The molecule has 0 bridgehead atoms. The predicted molar refractivity (Wildman–Crippen MR) is 63.2 cm³/mol. The van der Waals surface area contributed by atoms with Crippen LogP contribution < -0.4 is 10.6 Å². The lowest BCUT2D eigenvalue weighted by Gasteiger charge is -2.02. The quantitative estimate of drug-likeness (QED) is 0.711. The van der Waals surface area contributed by atoms with Crippen LogP contribution in [0, 0.1) is 13.8 Å². The summed E-state index contributed by atoms with van der Waals surface area (Å²) >= 11 is 1.74. The lowest BCUT2D eigenvalue weighted by Crippen LogP contribution is -2.17. The molecule has 4 heteroatoms. The van der Waals surface area contributed by atoms with Crippen molar-refractivity contribution in [3.05, 3.63) is 10.6 Å². The van der Waals surface area contributed by atoms with E-state index in [1.165, 1.54) is 4.88 Å². The molecule has 3 nitrogen and oxygen atoms in total. The molecule has 0 unspecified atom stereocenters. The zero-order chi connectivity index (χ0) is 10.4. The third-order valence-electron chi connectivity index (χ3n) is 2.09. The molecule has 0 aliphatic rings. The molecule has 0 aliphatic heterocycles. The van der Waals surface area contributed by atoms with Crippen LogP contribution in [0.2, 0.25) is 0 Å². The fourth-order valence-electron chi connectivity index (χ4n) is 1.13. The van der Waals surface area contributed by atoms with Crippen molar-refractivity contribution in [3.8, 4) is 0 Å². The Labute approximate surface area is 89.9 Å². The predicted octanol–water partition coefficient (Wildman–Crippen LogP) is 2.17. The maximum atomic E-state index is 4.42. The Balaban J connectivity index is 2.18. The van der Waals surface area contributed by atoms with Gasteiger partial charge in [0, 0.05) is 11.4 Å². The molecule has 1 heterocycles. The molecule has 2 N–H and O–H groups in total. The first-order valence-electron chi connectivity index (χ1n) is 5.12. The summed E-state index contributed by atoms with van der Waals surface area (Å²) in [5.41, 5.74) is 1.14. The highest BCUT2D eigenvalue weighted by atomic mass is 32.1. The van der Waals surface area contributed by atoms with Gasteiger partial charge in [0.1, 0.15) is 0 Å². The summed E-state index contributed by atoms with van der Waals surface area (Å²) in [5.74, 6) is 0. The standard InChI is InChI=1S/C10H19N3S/c1-4-11-6-5-7-12-10-13-8(2)9(3)14-10/h11H,4-7H2,1-3H3,(H,12,13). The molecule has 0 amide bonds. The molecule has 0 saturated heterocycles. The van der Waals surface area contributed by atoms with Gasteiger partial charge in [0.05, 0.1) is 5.69 Å². The van der Waals surface area contributed by atoms with Gasteiger partial charge in [0.25, 0.3) is 0 Å². The fraction of sp³-hybridized carbons (Fsp3) is 0.700. The Hall–Kier alpha value is -0.610. The molecule has 0 aliphatic carbocycles. The number of hydrogen-bond donors (Lipinski definition) is 2. The number of rotatable bonds is 6. The summed E-state index contributed by atoms with van der Waals surface area (Å²) in [6, 6.07) is 0. The van der Waals surface area contributed by atoms with Crippen molar-refractivity contribution in [1.29, 1.82) is 0 Å². The Morgan fingerprint density at radius 3 is 2.64 bits per heavy atom. The van der Waals surface area contributed by atoms with Gasteiger partial charge in [0.2, 0.25) is 0 Å². The van der Waals surface area contributed by atoms with Gasteiger partial charge in [-0.15, -0.1) is 11.3 Å². The van der Waals surface area contributed by atoms with Crippen LogP contribution in [0.3, 0.4) is 0 Å². The minimum Gasteiger partial charge on any atom is -0.361 e. The molecule has 80 valence electrons. The van der Waals surface area contributed by atoms with Crippen molar-refractivity contribution < 1.29 is 0 Å². The van der Waals surface area contributed by atoms with Gasteiger partial charge in [-0.2, -0.15) is 0 Å². The minimum absolute atomic E-state index is 0.999. The third kappa shape index (κ3) is 3.64. The first-order valence-corrected chi connectivity index (χ1v) is 5.94. The molecule has 0 fully saturated rings. The van der Waals surface area contributed by atoms with Gasteiger partial charge >= 0.3 is 0 Å². The number of nitrogens with zero attached hydrogens (tertiary/aromatic N) is 1. The van der Waals surface area contributed by atoms with E-state index in [1.54, 1.807) is 11.3 Å². The van der Waals surface area contributed by atoms with E-state index in [-0.39, 0.29) is 0 Å². The van der Waals surface area contributed by atoms with Crippen molar-refractivity contribution in [2.45, 2.75) is 27.2 Å². The van der Waals surface area contributed by atoms with Gasteiger partial charge in [-0.25, -0.2) is 4.98 Å². The zero-order valence-corrected chi connectivity index (χ0v) is 10.0. The molecule has 0 radical (unpaired) electrons. The highest BCUT2D eigenvalue weighted by Gasteiger charge is 2.01. The van der Waals surface area contributed by atoms with Gasteiger partial charge in [-0.05, 0) is 33.4 Å². The molecule has 0 atom stereocenters. The van der Waals surface area contributed by atoms with Crippen molar-refractivity contribution in [3.63, 3.8) is 0 Å². The van der Waals surface area contributed by atoms with Crippen LogP contribution in [0.25, 0.3) is 0 Å². The second-order valence-corrected chi connectivity index (χ2v) is 4.50. The molecule has 0 aromatic carbocycles. The summed E-state index contributed by atoms with van der Waals surface area (Å²) in [6.45, 7) is 9.41. The molecule has 0 spiro atoms. The molecule has 1 aromatic rings. The van der Waals surface area contributed by atoms with Crippen molar-refractivity contribution in [2.24, 2.45) is 0 Å². The largest absolute Gasteiger partial charge is 0.361 e. The lowest BCUT2D eigenvalue weighted by atomic mass is 10.4. The van der Waals surface area contributed by atoms with Crippen molar-refractivity contribution in [2.75, 3.05) is 25.0 Å². The lowest BCUT2D eigenvalue weighted by molar-refractivity contribution is 0.688. The second-order valence-electron chi connectivity index (χ2n) is 3.29. The van der Waals surface area contributed by atoms with E-state index in [1.807, 2.05) is 0 Å². The van der Waals surface area contributed by atoms with Crippen LogP contribution >= 0.6 is 11.3 Å². The summed E-state index contributed by atoms with van der Waals surface area (Å²) in [6.07, 6.45) is 1.14. The van der Waals surface area contributed by atoms with Crippen molar-refractivity contribution in [1.82, 2.24) is 10.3 Å². The van der Waals surface area contributed by atoms with Crippen molar-refractivity contribution >= 4 is 16.5 Å². The van der Waals surface area contributed by atoms with Crippen LogP contribution in [-0.2, 0) is 0 Å². The van der Waals surface area contributed by atoms with E-state index in [4.69, 9.17) is 0 Å². The number of nitrogens with one attached hydrogen (secondary N) is 2. The van der Waals surface area contributed by atoms with E-state index in [0.29, 0.717) is 0 Å². The number of hydrogen-bond acceptors (Lipinski definition) is 4. The first-order chi connectivity index (χ1) is 6.74. The summed E-state index contributed by atoms with van der Waals surface area (Å²) in [7, 11) is 0. The van der Waals surface area contributed by atoms with E-state index in [2.05, 4.69) is 36.4 Å². The Kier molecular flexibility index (Phi) is 4.90. The van der Waals surface area contributed by atoms with Crippen LogP contribution in [0.1, 0.15) is 23.9 Å². The third-order valence-corrected chi connectivity index (χ3v) is 3.12. The Morgan fingerprint density at radius 2 is 2.07 bits per heavy atom. The van der Waals surface area contributed by atoms with Gasteiger partial charge < -0.3 is 10.6 Å². The summed E-state index contributed by atoms with van der Waals surface area (Å²) < 4.78 is 0. The second kappa shape index (κ2) is 5.98. The highest BCUT2D eigenvalue weighted by molar-refractivity contribution is 7.15. The van der Waals surface area contributed by atoms with Gasteiger partial charge in [-0.3, -0.25) is 0 Å². The number of aryl methyl sites for hydroxylation is 2. The van der Waals surface area contributed by atoms with Gasteiger partial charge in [0.15, 0.2) is 5.13 Å². The zero-order valence-electron chi connectivity index (χ0n) is 9.18. The topological polar surface area (TPSA) is 37.0 Å². The average molecular weight is 213 g/mol. The molecular weight excluding hydrogens is 194 g/mol. The highest BCUT2D eigenvalue weighted by Crippen LogP contribution is 2.20. The molecule has 1 rings (SSSR count). The van der Waals surface area contributed by atoms with Gasteiger partial charge in [-0.1, -0.05) is 6.92 Å². The SMILES string of the molecule is CCNCCCNc1nc(C)c(C)s1. The summed E-state index contributed by atoms with van der Waals surface area (Å²) in [5, 5.41) is 7.68. The number of anilines is 1. The maximum absolute atomic E-state index is 4.42. The number of aromatic nitrogens is 1. The van der Waals surface area contributed by atoms with E-state index in [0.717, 1.165) is 36.9 Å². The van der Waals surface area contributed by atoms with E-state index >= 15 is 0 Å².